The van der Waals surface area contributed by atoms with Crippen LogP contribution in [0, 0.1) is 28.6 Å². The summed E-state index contributed by atoms with van der Waals surface area (Å²) in [7, 11) is 1.48. The van der Waals surface area contributed by atoms with Gasteiger partial charge in [0.25, 0.3) is 0 Å². The maximum atomic E-state index is 11.9. The maximum Gasteiger partial charge on any atom is 0.367 e. The number of halogens is 1. The number of carbonyl (C=O) groups excluding carboxylic acids is 2. The molecule has 3 rings (SSSR count). The molecule has 0 spiro atoms. The fourth-order valence-corrected chi connectivity index (χ4v) is 5.34. The van der Waals surface area contributed by atoms with Gasteiger partial charge >= 0.3 is 9.95 Å². The van der Waals surface area contributed by atoms with Crippen LogP contribution < -0.4 is 0 Å². The molecule has 19 heavy (non-hydrogen) atoms. The third kappa shape index (κ3) is 1.91. The van der Waals surface area contributed by atoms with Gasteiger partial charge in [0.15, 0.2) is 0 Å². The smallest absolute Gasteiger partial charge is 0.367 e. The van der Waals surface area contributed by atoms with Gasteiger partial charge < -0.3 is 9.47 Å². The van der Waals surface area contributed by atoms with Gasteiger partial charge in [-0.25, -0.2) is 4.79 Å². The van der Waals surface area contributed by atoms with E-state index in [0.29, 0.717) is 24.4 Å². The Morgan fingerprint density at radius 2 is 1.79 bits per heavy atom. The summed E-state index contributed by atoms with van der Waals surface area (Å²) < 4.78 is 9.96. The highest BCUT2D eigenvalue weighted by atomic mass is 127. The molecular weight excluding hydrogens is 359 g/mol. The summed E-state index contributed by atoms with van der Waals surface area (Å²) in [5.41, 5.74) is -0.0548. The number of hydrogen-bond donors (Lipinski definition) is 0. The lowest BCUT2D eigenvalue weighted by Crippen LogP contribution is -2.67. The van der Waals surface area contributed by atoms with Crippen molar-refractivity contribution < 1.29 is 19.1 Å². The molecule has 0 saturated heterocycles. The van der Waals surface area contributed by atoms with Crippen LogP contribution in [0.15, 0.2) is 0 Å². The number of methoxy groups -OCH3 is 1. The Labute approximate surface area is 126 Å². The molecule has 3 aliphatic rings. The van der Waals surface area contributed by atoms with Crippen LogP contribution in [-0.4, -0.2) is 23.7 Å². The van der Waals surface area contributed by atoms with Crippen molar-refractivity contribution in [2.24, 2.45) is 28.6 Å². The van der Waals surface area contributed by atoms with Crippen LogP contribution >= 0.6 is 22.6 Å². The van der Waals surface area contributed by atoms with Crippen LogP contribution in [0.1, 0.15) is 32.6 Å². The largest absolute Gasteiger partial charge is 0.469 e. The normalized spacial score (nSPS) is 46.4. The summed E-state index contributed by atoms with van der Waals surface area (Å²) in [6.07, 6.45) is 4.07. The number of ether oxygens (including phenoxy) is 2. The van der Waals surface area contributed by atoms with E-state index in [1.165, 1.54) is 7.11 Å². The maximum absolute atomic E-state index is 11.9. The minimum absolute atomic E-state index is 0.0611. The Kier molecular flexibility index (Phi) is 3.11. The Hall–Kier alpha value is -0.330. The van der Waals surface area contributed by atoms with E-state index in [4.69, 9.17) is 9.47 Å². The highest BCUT2D eigenvalue weighted by molar-refractivity contribution is 14.1. The summed E-state index contributed by atoms with van der Waals surface area (Å²) in [6, 6.07) is 0. The summed E-state index contributed by atoms with van der Waals surface area (Å²) >= 11 is 1.68. The van der Waals surface area contributed by atoms with E-state index in [1.54, 1.807) is 22.6 Å². The number of rotatable bonds is 3. The molecule has 5 heteroatoms. The fourth-order valence-electron chi connectivity index (χ4n) is 5.18. The van der Waals surface area contributed by atoms with Crippen LogP contribution in [0.25, 0.3) is 0 Å². The first-order chi connectivity index (χ1) is 8.90. The van der Waals surface area contributed by atoms with E-state index < -0.39 is 0 Å². The van der Waals surface area contributed by atoms with Crippen molar-refractivity contribution in [1.82, 2.24) is 0 Å². The zero-order valence-corrected chi connectivity index (χ0v) is 13.4. The average molecular weight is 378 g/mol. The van der Waals surface area contributed by atoms with E-state index in [-0.39, 0.29) is 20.8 Å². The van der Waals surface area contributed by atoms with Gasteiger partial charge in [0.2, 0.25) is 0 Å². The van der Waals surface area contributed by atoms with Gasteiger partial charge in [-0.15, -0.1) is 0 Å². The molecule has 2 atom stereocenters. The van der Waals surface area contributed by atoms with Crippen molar-refractivity contribution in [3.05, 3.63) is 0 Å². The third-order valence-corrected chi connectivity index (χ3v) is 5.95. The van der Waals surface area contributed by atoms with Crippen molar-refractivity contribution in [3.8, 4) is 0 Å². The minimum Gasteiger partial charge on any atom is -0.469 e. The van der Waals surface area contributed by atoms with E-state index in [2.05, 4.69) is 0 Å². The van der Waals surface area contributed by atoms with Gasteiger partial charge in [0.05, 0.1) is 41.7 Å². The molecule has 0 bridgehead atoms. The second-order valence-electron chi connectivity index (χ2n) is 6.80. The lowest BCUT2D eigenvalue weighted by molar-refractivity contribution is -0.248. The van der Waals surface area contributed by atoms with E-state index >= 15 is 0 Å². The quantitative estimate of drug-likeness (QED) is 0.430. The van der Waals surface area contributed by atoms with Crippen LogP contribution in [0.5, 0.6) is 0 Å². The van der Waals surface area contributed by atoms with Crippen LogP contribution in [0.2, 0.25) is 0 Å². The molecule has 3 aliphatic carbocycles. The number of esters is 1. The minimum atomic E-state index is -0.299. The molecule has 0 aliphatic heterocycles. The number of hydrogen-bond acceptors (Lipinski definition) is 4. The SMILES string of the molecule is COC(=O)C1(C)CC2CC3(COC(=O)I)CC(C1)C23. The van der Waals surface area contributed by atoms with Gasteiger partial charge in [-0.1, -0.05) is 0 Å². The molecule has 0 N–H and O–H groups in total. The Morgan fingerprint density at radius 3 is 2.26 bits per heavy atom. The summed E-state index contributed by atoms with van der Waals surface area (Å²) in [5, 5.41) is 0. The molecule has 0 amide bonds. The van der Waals surface area contributed by atoms with Crippen molar-refractivity contribution >= 4 is 32.5 Å². The van der Waals surface area contributed by atoms with Crippen LogP contribution in [0.4, 0.5) is 4.79 Å². The highest BCUT2D eigenvalue weighted by Gasteiger charge is 2.69. The highest BCUT2D eigenvalue weighted by Crippen LogP contribution is 2.73. The van der Waals surface area contributed by atoms with Gasteiger partial charge in [-0.3, -0.25) is 4.79 Å². The zero-order chi connectivity index (χ0) is 13.8. The fraction of sp³-hybridized carbons (Fsp3) is 0.857. The predicted octanol–water partition coefficient (Wildman–Crippen LogP) is 3.17. The van der Waals surface area contributed by atoms with E-state index in [9.17, 15) is 9.59 Å². The molecule has 3 saturated carbocycles. The first-order valence-electron chi connectivity index (χ1n) is 6.81. The lowest BCUT2D eigenvalue weighted by atomic mass is 9.33. The van der Waals surface area contributed by atoms with E-state index in [1.807, 2.05) is 6.92 Å². The molecule has 4 nitrogen and oxygen atoms in total. The van der Waals surface area contributed by atoms with E-state index in [0.717, 1.165) is 25.7 Å². The Morgan fingerprint density at radius 1 is 1.21 bits per heavy atom. The second kappa shape index (κ2) is 4.33. The Bertz CT molecular complexity index is 417. The second-order valence-corrected chi connectivity index (χ2v) is 7.68. The Balaban J connectivity index is 1.66. The van der Waals surface area contributed by atoms with Crippen molar-refractivity contribution in [3.63, 3.8) is 0 Å². The average Bonchev–Trinajstić information content (AvgIpc) is 2.30. The molecule has 0 aromatic rings. The lowest BCUT2D eigenvalue weighted by Gasteiger charge is -2.71. The first-order valence-corrected chi connectivity index (χ1v) is 7.89. The van der Waals surface area contributed by atoms with Crippen LogP contribution in [0.3, 0.4) is 0 Å². The summed E-state index contributed by atoms with van der Waals surface area (Å²) in [5.74, 6) is 1.84. The molecule has 3 fully saturated rings. The van der Waals surface area contributed by atoms with Crippen LogP contribution in [-0.2, 0) is 14.3 Å². The molecule has 2 unspecified atom stereocenters. The predicted molar refractivity (Wildman–Crippen MR) is 76.9 cm³/mol. The molecule has 0 aromatic heterocycles. The summed E-state index contributed by atoms with van der Waals surface area (Å²) in [4.78, 5) is 22.9. The number of carbonyl (C=O) groups is 2. The zero-order valence-electron chi connectivity index (χ0n) is 11.3. The van der Waals surface area contributed by atoms with Gasteiger partial charge in [0.1, 0.15) is 0 Å². The van der Waals surface area contributed by atoms with Gasteiger partial charge in [-0.2, -0.15) is 0 Å². The van der Waals surface area contributed by atoms with Crippen molar-refractivity contribution in [2.45, 2.75) is 32.6 Å². The molecule has 0 radical (unpaired) electrons. The molecule has 0 heterocycles. The van der Waals surface area contributed by atoms with Gasteiger partial charge in [0, 0.05) is 5.41 Å². The molecule has 0 aromatic carbocycles. The molecular formula is C14H19IO4. The van der Waals surface area contributed by atoms with Crippen molar-refractivity contribution in [2.75, 3.05) is 13.7 Å². The third-order valence-electron chi connectivity index (χ3n) is 5.64. The van der Waals surface area contributed by atoms with Crippen molar-refractivity contribution in [1.29, 1.82) is 0 Å². The molecule has 106 valence electrons. The standard InChI is InChI=1S/C14H19IO4/c1-13(11(16)18-2)3-8-5-14(7-19-12(15)17)6-9(4-13)10(8)14/h8-10H,3-7H2,1-2H3. The summed E-state index contributed by atoms with van der Waals surface area (Å²) in [6.45, 7) is 2.61. The first kappa shape index (κ1) is 13.6. The van der Waals surface area contributed by atoms with Gasteiger partial charge in [-0.05, 0) is 50.4 Å². The topological polar surface area (TPSA) is 52.6 Å². The monoisotopic (exact) mass is 378 g/mol.